The molecule has 0 amide bonds. The van der Waals surface area contributed by atoms with Gasteiger partial charge in [-0.1, -0.05) is 49.1 Å². The van der Waals surface area contributed by atoms with Gasteiger partial charge in [0.25, 0.3) is 0 Å². The van der Waals surface area contributed by atoms with Crippen molar-refractivity contribution in [3.8, 4) is 0 Å². The number of ether oxygens (including phenoxy) is 1. The van der Waals surface area contributed by atoms with Gasteiger partial charge in [0, 0.05) is 6.61 Å². The molecule has 2 rings (SSSR count). The van der Waals surface area contributed by atoms with Gasteiger partial charge in [-0.05, 0) is 31.7 Å². The van der Waals surface area contributed by atoms with Gasteiger partial charge in [-0.3, -0.25) is 0 Å². The fraction of sp³-hybridized carbons (Fsp3) is 0.625. The van der Waals surface area contributed by atoms with Crippen molar-refractivity contribution in [2.75, 3.05) is 6.61 Å². The Morgan fingerprint density at radius 3 is 2.50 bits per heavy atom. The van der Waals surface area contributed by atoms with Crippen LogP contribution in [0.4, 0.5) is 0 Å². The molecule has 0 aliphatic heterocycles. The summed E-state index contributed by atoms with van der Waals surface area (Å²) in [5, 5.41) is 0. The molecular weight excluding hydrogens is 222 g/mol. The van der Waals surface area contributed by atoms with Crippen LogP contribution in [0.5, 0.6) is 0 Å². The minimum absolute atomic E-state index is 0.0213. The molecule has 0 radical (unpaired) electrons. The second-order valence-corrected chi connectivity index (χ2v) is 5.60. The molecule has 1 aromatic carbocycles. The summed E-state index contributed by atoms with van der Waals surface area (Å²) in [6.45, 7) is 5.02. The average Bonchev–Trinajstić information content (AvgIpc) is 2.32. The minimum Gasteiger partial charge on any atom is -0.377 e. The first-order valence-corrected chi connectivity index (χ1v) is 7.10. The van der Waals surface area contributed by atoms with Crippen LogP contribution in [0, 0.1) is 12.8 Å². The zero-order chi connectivity index (χ0) is 13.0. The summed E-state index contributed by atoms with van der Waals surface area (Å²) in [6, 6.07) is 8.40. The van der Waals surface area contributed by atoms with E-state index < -0.39 is 0 Å². The van der Waals surface area contributed by atoms with E-state index in [0.29, 0.717) is 0 Å². The molecule has 100 valence electrons. The fourth-order valence-corrected chi connectivity index (χ4v) is 2.37. The molecule has 0 saturated heterocycles. The number of hydrogen-bond donors (Lipinski definition) is 1. The van der Waals surface area contributed by atoms with Crippen LogP contribution in [0.3, 0.4) is 0 Å². The molecule has 0 heterocycles. The first kappa shape index (κ1) is 13.6. The third kappa shape index (κ3) is 3.56. The van der Waals surface area contributed by atoms with Gasteiger partial charge in [0.05, 0.1) is 12.1 Å². The summed E-state index contributed by atoms with van der Waals surface area (Å²) in [7, 11) is 0. The molecule has 1 aliphatic carbocycles. The van der Waals surface area contributed by atoms with E-state index in [0.717, 1.165) is 18.1 Å². The number of nitrogens with two attached hydrogens (primary N) is 1. The first-order chi connectivity index (χ1) is 8.66. The predicted molar refractivity (Wildman–Crippen MR) is 75.5 cm³/mol. The molecule has 2 nitrogen and oxygen atoms in total. The second-order valence-electron chi connectivity index (χ2n) is 5.60. The standard InChI is InChI=1S/C16H25NO/c1-12-6-8-15(9-7-12)16(17)13(2)18-11-10-14-4-3-5-14/h6-9,13-14,16H,3-5,10-11,17H2,1-2H3. The molecule has 1 fully saturated rings. The monoisotopic (exact) mass is 247 g/mol. The van der Waals surface area contributed by atoms with Crippen molar-refractivity contribution < 1.29 is 4.74 Å². The lowest BCUT2D eigenvalue weighted by Gasteiger charge is -2.27. The zero-order valence-corrected chi connectivity index (χ0v) is 11.6. The number of rotatable bonds is 6. The smallest absolute Gasteiger partial charge is 0.0739 e. The third-order valence-corrected chi connectivity index (χ3v) is 4.10. The van der Waals surface area contributed by atoms with E-state index in [1.54, 1.807) is 0 Å². The van der Waals surface area contributed by atoms with Crippen LogP contribution in [0.2, 0.25) is 0 Å². The van der Waals surface area contributed by atoms with Crippen LogP contribution in [-0.2, 0) is 4.74 Å². The molecule has 2 N–H and O–H groups in total. The quantitative estimate of drug-likeness (QED) is 0.833. The van der Waals surface area contributed by atoms with Gasteiger partial charge in [-0.2, -0.15) is 0 Å². The molecule has 1 aliphatic rings. The van der Waals surface area contributed by atoms with Gasteiger partial charge in [-0.25, -0.2) is 0 Å². The summed E-state index contributed by atoms with van der Waals surface area (Å²) < 4.78 is 5.87. The summed E-state index contributed by atoms with van der Waals surface area (Å²) in [4.78, 5) is 0. The summed E-state index contributed by atoms with van der Waals surface area (Å²) in [5.41, 5.74) is 8.66. The van der Waals surface area contributed by atoms with Crippen molar-refractivity contribution in [2.24, 2.45) is 11.7 Å². The molecular formula is C16H25NO. The lowest BCUT2D eigenvalue weighted by molar-refractivity contribution is 0.0335. The third-order valence-electron chi connectivity index (χ3n) is 4.10. The Hall–Kier alpha value is -0.860. The lowest BCUT2D eigenvalue weighted by Crippen LogP contribution is -2.27. The highest BCUT2D eigenvalue weighted by Crippen LogP contribution is 2.29. The van der Waals surface area contributed by atoms with Crippen molar-refractivity contribution in [3.05, 3.63) is 35.4 Å². The van der Waals surface area contributed by atoms with E-state index >= 15 is 0 Å². The van der Waals surface area contributed by atoms with E-state index in [4.69, 9.17) is 10.5 Å². The number of hydrogen-bond acceptors (Lipinski definition) is 2. The van der Waals surface area contributed by atoms with Crippen LogP contribution in [0.1, 0.15) is 49.8 Å². The van der Waals surface area contributed by atoms with Crippen LogP contribution < -0.4 is 5.73 Å². The Morgan fingerprint density at radius 1 is 1.28 bits per heavy atom. The van der Waals surface area contributed by atoms with Crippen LogP contribution in [0.15, 0.2) is 24.3 Å². The highest BCUT2D eigenvalue weighted by Gasteiger charge is 2.19. The maximum atomic E-state index is 6.23. The van der Waals surface area contributed by atoms with Gasteiger partial charge in [-0.15, -0.1) is 0 Å². The molecule has 2 atom stereocenters. The Kier molecular flexibility index (Phi) is 4.79. The largest absolute Gasteiger partial charge is 0.377 e. The molecule has 2 unspecified atom stereocenters. The van der Waals surface area contributed by atoms with Crippen LogP contribution in [-0.4, -0.2) is 12.7 Å². The SMILES string of the molecule is Cc1ccc(C(N)C(C)OCCC2CCC2)cc1. The van der Waals surface area contributed by atoms with Gasteiger partial charge in [0.1, 0.15) is 0 Å². The van der Waals surface area contributed by atoms with E-state index in [-0.39, 0.29) is 12.1 Å². The van der Waals surface area contributed by atoms with Crippen molar-refractivity contribution in [3.63, 3.8) is 0 Å². The second kappa shape index (κ2) is 6.35. The first-order valence-electron chi connectivity index (χ1n) is 7.10. The van der Waals surface area contributed by atoms with Crippen LogP contribution >= 0.6 is 0 Å². The van der Waals surface area contributed by atoms with Gasteiger partial charge in [0.2, 0.25) is 0 Å². The normalized spacial score (nSPS) is 19.3. The highest BCUT2D eigenvalue weighted by atomic mass is 16.5. The summed E-state index contributed by atoms with van der Waals surface area (Å²) >= 11 is 0. The fourth-order valence-electron chi connectivity index (χ4n) is 2.37. The number of aryl methyl sites for hydroxylation is 1. The maximum Gasteiger partial charge on any atom is 0.0739 e. The van der Waals surface area contributed by atoms with E-state index in [1.807, 2.05) is 0 Å². The van der Waals surface area contributed by atoms with E-state index in [1.165, 1.54) is 31.2 Å². The molecule has 18 heavy (non-hydrogen) atoms. The maximum absolute atomic E-state index is 6.23. The zero-order valence-electron chi connectivity index (χ0n) is 11.6. The molecule has 0 aromatic heterocycles. The highest BCUT2D eigenvalue weighted by molar-refractivity contribution is 5.24. The van der Waals surface area contributed by atoms with Crippen molar-refractivity contribution in [2.45, 2.75) is 51.7 Å². The van der Waals surface area contributed by atoms with Crippen molar-refractivity contribution >= 4 is 0 Å². The van der Waals surface area contributed by atoms with Crippen molar-refractivity contribution in [1.29, 1.82) is 0 Å². The Balaban J connectivity index is 1.76. The van der Waals surface area contributed by atoms with Crippen LogP contribution in [0.25, 0.3) is 0 Å². The van der Waals surface area contributed by atoms with Crippen molar-refractivity contribution in [1.82, 2.24) is 0 Å². The summed E-state index contributed by atoms with van der Waals surface area (Å²) in [5.74, 6) is 0.910. The Bertz CT molecular complexity index is 356. The Morgan fingerprint density at radius 2 is 1.94 bits per heavy atom. The predicted octanol–water partition coefficient (Wildman–Crippen LogP) is 3.59. The molecule has 2 heteroatoms. The Labute approximate surface area is 111 Å². The molecule has 1 aromatic rings. The lowest BCUT2D eigenvalue weighted by atomic mass is 9.83. The average molecular weight is 247 g/mol. The summed E-state index contributed by atoms with van der Waals surface area (Å²) in [6.07, 6.45) is 5.48. The minimum atomic E-state index is -0.0213. The molecule has 0 spiro atoms. The topological polar surface area (TPSA) is 35.2 Å². The van der Waals surface area contributed by atoms with Gasteiger partial charge < -0.3 is 10.5 Å². The van der Waals surface area contributed by atoms with E-state index in [9.17, 15) is 0 Å². The van der Waals surface area contributed by atoms with E-state index in [2.05, 4.69) is 38.1 Å². The van der Waals surface area contributed by atoms with Gasteiger partial charge >= 0.3 is 0 Å². The number of benzene rings is 1. The molecule has 1 saturated carbocycles. The molecule has 0 bridgehead atoms. The van der Waals surface area contributed by atoms with Gasteiger partial charge in [0.15, 0.2) is 0 Å².